The first-order valence-corrected chi connectivity index (χ1v) is 7.05. The van der Waals surface area contributed by atoms with Crippen LogP contribution in [0.4, 0.5) is 5.69 Å². The van der Waals surface area contributed by atoms with Crippen molar-refractivity contribution < 1.29 is 14.1 Å². The lowest BCUT2D eigenvalue weighted by Crippen LogP contribution is -2.31. The van der Waals surface area contributed by atoms with Gasteiger partial charge in [-0.2, -0.15) is 4.57 Å². The van der Waals surface area contributed by atoms with Gasteiger partial charge >= 0.3 is 5.97 Å². The maximum atomic E-state index is 11.3. The molecule has 0 amide bonds. The summed E-state index contributed by atoms with van der Waals surface area (Å²) in [5, 5.41) is 0. The summed E-state index contributed by atoms with van der Waals surface area (Å²) >= 11 is 0. The van der Waals surface area contributed by atoms with Crippen LogP contribution in [0.3, 0.4) is 0 Å². The second-order valence-electron chi connectivity index (χ2n) is 5.46. The molecule has 0 aliphatic rings. The Bertz CT molecular complexity index is 888. The molecule has 22 heavy (non-hydrogen) atoms. The van der Waals surface area contributed by atoms with Gasteiger partial charge in [-0.25, -0.2) is 4.98 Å². The van der Waals surface area contributed by atoms with Crippen molar-refractivity contribution in [1.82, 2.24) is 4.98 Å². The van der Waals surface area contributed by atoms with Crippen LogP contribution in [0.25, 0.3) is 22.1 Å². The van der Waals surface area contributed by atoms with Gasteiger partial charge in [-0.15, -0.1) is 0 Å². The fourth-order valence-corrected chi connectivity index (χ4v) is 2.53. The molecule has 0 bridgehead atoms. The van der Waals surface area contributed by atoms with E-state index in [4.69, 9.17) is 4.74 Å². The molecule has 0 radical (unpaired) electrons. The number of anilines is 1. The number of hydrogen-bond acceptors (Lipinski definition) is 4. The number of para-hydroxylation sites is 1. The third-order valence-corrected chi connectivity index (χ3v) is 3.66. The fraction of sp³-hybridized carbons (Fsp3) is 0.235. The highest BCUT2D eigenvalue weighted by Gasteiger charge is 2.17. The molecule has 0 atom stereocenters. The molecule has 1 aromatic heterocycles. The first-order chi connectivity index (χ1) is 10.5. The summed E-state index contributed by atoms with van der Waals surface area (Å²) in [7, 11) is 6.01. The highest BCUT2D eigenvalue weighted by molar-refractivity contribution is 5.88. The zero-order valence-corrected chi connectivity index (χ0v) is 13.1. The number of rotatable bonds is 2. The smallest absolute Gasteiger partial charge is 0.308 e. The van der Waals surface area contributed by atoms with Gasteiger partial charge in [0.25, 0.3) is 0 Å². The Morgan fingerprint density at radius 2 is 1.95 bits per heavy atom. The number of carbonyl (C=O) groups excluding carboxylic acids is 1. The van der Waals surface area contributed by atoms with Crippen LogP contribution in [0.15, 0.2) is 36.4 Å². The van der Waals surface area contributed by atoms with Crippen LogP contribution < -0.4 is 14.2 Å². The molecule has 0 aliphatic heterocycles. The van der Waals surface area contributed by atoms with Crippen molar-refractivity contribution in [2.75, 3.05) is 19.0 Å². The monoisotopic (exact) mass is 296 g/mol. The fourth-order valence-electron chi connectivity index (χ4n) is 2.53. The molecular weight excluding hydrogens is 278 g/mol. The van der Waals surface area contributed by atoms with Crippen LogP contribution in [-0.4, -0.2) is 25.0 Å². The molecule has 0 N–H and O–H groups in total. The molecular formula is C17H18N3O2+. The predicted octanol–water partition coefficient (Wildman–Crippen LogP) is 2.20. The molecule has 0 saturated carbocycles. The van der Waals surface area contributed by atoms with Crippen molar-refractivity contribution in [1.29, 1.82) is 0 Å². The summed E-state index contributed by atoms with van der Waals surface area (Å²) in [6.45, 7) is 1.39. The summed E-state index contributed by atoms with van der Waals surface area (Å²) < 4.78 is 7.34. The summed E-state index contributed by atoms with van der Waals surface area (Å²) in [5.74, 6) is 0.138. The molecule has 3 rings (SSSR count). The summed E-state index contributed by atoms with van der Waals surface area (Å²) in [5.41, 5.74) is 4.60. The minimum atomic E-state index is -0.347. The first kappa shape index (κ1) is 14.3. The maximum absolute atomic E-state index is 11.3. The van der Waals surface area contributed by atoms with Crippen molar-refractivity contribution in [3.8, 4) is 5.75 Å². The standard InChI is InChI=1S/C17H18N3O2/c1-11(21)22-16-7-5-6-14-17(16)18-13-9-8-12(19(2)3)10-15(13)20(14)4/h5-10H,1-4H3/q+1. The van der Waals surface area contributed by atoms with E-state index in [0.29, 0.717) is 11.3 Å². The van der Waals surface area contributed by atoms with Gasteiger partial charge in [-0.3, -0.25) is 4.79 Å². The largest absolute Gasteiger partial charge is 0.424 e. The Hall–Kier alpha value is -2.69. The van der Waals surface area contributed by atoms with E-state index < -0.39 is 0 Å². The van der Waals surface area contributed by atoms with Crippen LogP contribution >= 0.6 is 0 Å². The van der Waals surface area contributed by atoms with Gasteiger partial charge in [-0.1, -0.05) is 6.07 Å². The van der Waals surface area contributed by atoms with E-state index in [0.717, 1.165) is 22.2 Å². The van der Waals surface area contributed by atoms with Gasteiger partial charge in [0.05, 0.1) is 0 Å². The van der Waals surface area contributed by atoms with Crippen molar-refractivity contribution in [2.24, 2.45) is 7.05 Å². The van der Waals surface area contributed by atoms with Crippen LogP contribution in [0.2, 0.25) is 0 Å². The summed E-state index contributed by atoms with van der Waals surface area (Å²) in [6.07, 6.45) is 0. The number of hydrogen-bond donors (Lipinski definition) is 0. The topological polar surface area (TPSA) is 46.3 Å². The molecule has 0 saturated heterocycles. The van der Waals surface area contributed by atoms with Crippen LogP contribution in [0, 0.1) is 0 Å². The number of carbonyl (C=O) groups is 1. The lowest BCUT2D eigenvalue weighted by Gasteiger charge is -2.12. The zero-order valence-electron chi connectivity index (χ0n) is 13.1. The van der Waals surface area contributed by atoms with E-state index in [-0.39, 0.29) is 5.97 Å². The Morgan fingerprint density at radius 3 is 2.64 bits per heavy atom. The molecule has 0 spiro atoms. The van der Waals surface area contributed by atoms with E-state index >= 15 is 0 Å². The summed E-state index contributed by atoms with van der Waals surface area (Å²) in [6, 6.07) is 11.7. The maximum Gasteiger partial charge on any atom is 0.308 e. The molecule has 1 heterocycles. The Balaban J connectivity index is 2.33. The van der Waals surface area contributed by atoms with Crippen molar-refractivity contribution in [2.45, 2.75) is 6.92 Å². The minimum absolute atomic E-state index is 0.347. The molecule has 0 unspecified atom stereocenters. The van der Waals surface area contributed by atoms with Crippen LogP contribution in [-0.2, 0) is 11.8 Å². The van der Waals surface area contributed by atoms with Gasteiger partial charge in [-0.05, 0) is 18.2 Å². The quantitative estimate of drug-likeness (QED) is 0.315. The van der Waals surface area contributed by atoms with Gasteiger partial charge < -0.3 is 9.64 Å². The number of ether oxygens (including phenoxy) is 1. The lowest BCUT2D eigenvalue weighted by molar-refractivity contribution is -0.617. The Labute approximate surface area is 128 Å². The van der Waals surface area contributed by atoms with Crippen LogP contribution in [0.5, 0.6) is 5.75 Å². The molecule has 112 valence electrons. The van der Waals surface area contributed by atoms with Gasteiger partial charge in [0, 0.05) is 38.8 Å². The lowest BCUT2D eigenvalue weighted by atomic mass is 10.2. The Morgan fingerprint density at radius 1 is 1.18 bits per heavy atom. The molecule has 5 heteroatoms. The van der Waals surface area contributed by atoms with E-state index in [9.17, 15) is 4.79 Å². The number of nitrogens with zero attached hydrogens (tertiary/aromatic N) is 3. The summed E-state index contributed by atoms with van der Waals surface area (Å²) in [4.78, 5) is 18.0. The molecule has 0 aliphatic carbocycles. The number of aryl methyl sites for hydroxylation is 1. The van der Waals surface area contributed by atoms with Gasteiger partial charge in [0.2, 0.25) is 11.0 Å². The van der Waals surface area contributed by atoms with Gasteiger partial charge in [0.15, 0.2) is 11.3 Å². The SMILES string of the molecule is CC(=O)Oc1cccc2c1nc1ccc(N(C)C)cc1[n+]2C. The number of esters is 1. The average Bonchev–Trinajstić information content (AvgIpc) is 2.47. The Kier molecular flexibility index (Phi) is 3.41. The number of fused-ring (bicyclic) bond motifs is 2. The van der Waals surface area contributed by atoms with E-state index in [1.54, 1.807) is 6.07 Å². The average molecular weight is 296 g/mol. The van der Waals surface area contributed by atoms with Crippen molar-refractivity contribution >= 4 is 33.7 Å². The predicted molar refractivity (Wildman–Crippen MR) is 86.1 cm³/mol. The number of aromatic nitrogens is 2. The van der Waals surface area contributed by atoms with E-state index in [2.05, 4.69) is 20.5 Å². The molecule has 2 aromatic carbocycles. The van der Waals surface area contributed by atoms with E-state index in [1.807, 2.05) is 45.4 Å². The third-order valence-electron chi connectivity index (χ3n) is 3.66. The molecule has 0 fully saturated rings. The molecule has 3 aromatic rings. The molecule has 5 nitrogen and oxygen atoms in total. The minimum Gasteiger partial charge on any atom is -0.424 e. The second-order valence-corrected chi connectivity index (χ2v) is 5.46. The first-order valence-electron chi connectivity index (χ1n) is 7.05. The van der Waals surface area contributed by atoms with Gasteiger partial charge in [0.1, 0.15) is 12.6 Å². The normalized spacial score (nSPS) is 10.9. The van der Waals surface area contributed by atoms with Crippen molar-refractivity contribution in [3.05, 3.63) is 36.4 Å². The second kappa shape index (κ2) is 5.26. The van der Waals surface area contributed by atoms with Crippen molar-refractivity contribution in [3.63, 3.8) is 0 Å². The van der Waals surface area contributed by atoms with E-state index in [1.165, 1.54) is 6.92 Å². The third kappa shape index (κ3) is 2.35. The highest BCUT2D eigenvalue weighted by atomic mass is 16.5. The highest BCUT2D eigenvalue weighted by Crippen LogP contribution is 2.25. The number of benzene rings is 2. The zero-order chi connectivity index (χ0) is 15.9. The van der Waals surface area contributed by atoms with Crippen LogP contribution in [0.1, 0.15) is 6.92 Å².